The van der Waals surface area contributed by atoms with Gasteiger partial charge in [-0.15, -0.1) is 0 Å². The maximum Gasteiger partial charge on any atom is 0.410 e. The Kier molecular flexibility index (Phi) is 6.71. The molecule has 0 aromatic carbocycles. The number of carbonyl (C=O) groups excluding carboxylic acids is 1. The van der Waals surface area contributed by atoms with Gasteiger partial charge in [0.15, 0.2) is 5.82 Å². The van der Waals surface area contributed by atoms with E-state index in [1.54, 1.807) is 6.92 Å². The van der Waals surface area contributed by atoms with Gasteiger partial charge in [0.1, 0.15) is 12.4 Å². The average molecular weight is 547 g/mol. The summed E-state index contributed by atoms with van der Waals surface area (Å²) in [4.78, 5) is 22.7. The van der Waals surface area contributed by atoms with Gasteiger partial charge in [0.05, 0.1) is 43.3 Å². The number of halogens is 3. The van der Waals surface area contributed by atoms with E-state index in [0.29, 0.717) is 18.2 Å². The highest BCUT2D eigenvalue weighted by molar-refractivity contribution is 7.88. The molecule has 8 atom stereocenters. The lowest BCUT2D eigenvalue weighted by atomic mass is 9.86. The van der Waals surface area contributed by atoms with E-state index in [1.807, 2.05) is 0 Å². The fourth-order valence-corrected chi connectivity index (χ4v) is 7.12. The van der Waals surface area contributed by atoms with Crippen LogP contribution in [0, 0.1) is 23.6 Å². The molecule has 37 heavy (non-hydrogen) atoms. The zero-order valence-corrected chi connectivity index (χ0v) is 21.9. The molecule has 0 bridgehead atoms. The lowest BCUT2D eigenvalue weighted by Gasteiger charge is -2.33. The molecule has 0 spiro atoms. The SMILES string of the molecule is C[C@@H]1C[C@H](NS(C)(=O)=O)[C@H](CO[C@H]2CC[C@@]3(c4ncc(F)cn4)C[C@H]3C2)N1C(=O)OC[C@H]1[C@H](C)C1(F)F. The molecule has 1 N–H and O–H groups in total. The maximum atomic E-state index is 13.6. The van der Waals surface area contributed by atoms with Gasteiger partial charge < -0.3 is 9.47 Å². The Morgan fingerprint density at radius 2 is 1.89 bits per heavy atom. The maximum absolute atomic E-state index is 13.6. The van der Waals surface area contributed by atoms with Crippen LogP contribution in [0.2, 0.25) is 0 Å². The predicted octanol–water partition coefficient (Wildman–Crippen LogP) is 2.86. The first kappa shape index (κ1) is 26.6. The van der Waals surface area contributed by atoms with E-state index in [-0.39, 0.29) is 30.8 Å². The minimum atomic E-state index is -3.56. The molecule has 5 rings (SSSR count). The highest BCUT2D eigenvalue weighted by Crippen LogP contribution is 2.61. The quantitative estimate of drug-likeness (QED) is 0.534. The summed E-state index contributed by atoms with van der Waals surface area (Å²) in [6.07, 6.45) is 6.11. The second-order valence-electron chi connectivity index (χ2n) is 11.2. The van der Waals surface area contributed by atoms with Gasteiger partial charge in [0.25, 0.3) is 5.92 Å². The van der Waals surface area contributed by atoms with Gasteiger partial charge >= 0.3 is 6.09 Å². The minimum absolute atomic E-state index is 0.0834. The van der Waals surface area contributed by atoms with Crippen LogP contribution < -0.4 is 4.72 Å². The van der Waals surface area contributed by atoms with Crippen LogP contribution in [0.5, 0.6) is 0 Å². The third kappa shape index (κ3) is 5.18. The Morgan fingerprint density at radius 3 is 2.49 bits per heavy atom. The second-order valence-corrected chi connectivity index (χ2v) is 13.0. The number of likely N-dealkylation sites (tertiary alicyclic amines) is 1. The number of amides is 1. The number of ether oxygens (including phenoxy) is 2. The monoisotopic (exact) mass is 546 g/mol. The molecule has 1 aromatic heterocycles. The summed E-state index contributed by atoms with van der Waals surface area (Å²) in [5, 5.41) is 0. The van der Waals surface area contributed by atoms with Crippen molar-refractivity contribution in [2.75, 3.05) is 19.5 Å². The van der Waals surface area contributed by atoms with Crippen molar-refractivity contribution in [3.05, 3.63) is 24.0 Å². The topological polar surface area (TPSA) is 111 Å². The molecule has 206 valence electrons. The van der Waals surface area contributed by atoms with E-state index in [9.17, 15) is 26.4 Å². The van der Waals surface area contributed by atoms with E-state index < -0.39 is 51.8 Å². The standard InChI is InChI=1S/C24H33F3N4O5S/c1-13-6-19(30-37(3,33)34)20(31(13)22(32)36-11-18-14(2)24(18,26)27)12-35-17-4-5-23(8-15(23)7-17)21-28-9-16(25)10-29-21/h9-10,13-15,17-20,30H,4-8,11-12H2,1-3H3/t13-,14+,15-,17+,18+,19+,20+,23-/m1/s1. The third-order valence-electron chi connectivity index (χ3n) is 8.71. The molecule has 13 heteroatoms. The molecule has 4 fully saturated rings. The Balaban J connectivity index is 1.21. The highest BCUT2D eigenvalue weighted by atomic mass is 32.2. The number of fused-ring (bicyclic) bond motifs is 1. The fraction of sp³-hybridized carbons (Fsp3) is 0.792. The Bertz CT molecular complexity index is 1140. The van der Waals surface area contributed by atoms with E-state index in [4.69, 9.17) is 9.47 Å². The van der Waals surface area contributed by atoms with Crippen molar-refractivity contribution in [2.24, 2.45) is 17.8 Å². The van der Waals surface area contributed by atoms with E-state index in [0.717, 1.165) is 31.9 Å². The van der Waals surface area contributed by atoms with Gasteiger partial charge in [-0.3, -0.25) is 4.90 Å². The molecule has 1 aromatic rings. The summed E-state index contributed by atoms with van der Waals surface area (Å²) >= 11 is 0. The van der Waals surface area contributed by atoms with Gasteiger partial charge in [-0.1, -0.05) is 6.92 Å². The second kappa shape index (κ2) is 9.33. The normalized spacial score (nSPS) is 38.2. The first-order valence-corrected chi connectivity index (χ1v) is 14.6. The van der Waals surface area contributed by atoms with Crippen LogP contribution in [-0.2, 0) is 24.9 Å². The van der Waals surface area contributed by atoms with Crippen LogP contribution in [0.25, 0.3) is 0 Å². The van der Waals surface area contributed by atoms with Gasteiger partial charge in [0, 0.05) is 23.4 Å². The average Bonchev–Trinajstić information content (AvgIpc) is 3.61. The van der Waals surface area contributed by atoms with E-state index in [1.165, 1.54) is 24.2 Å². The minimum Gasteiger partial charge on any atom is -0.449 e. The highest BCUT2D eigenvalue weighted by Gasteiger charge is 2.66. The number of hydrogen-bond donors (Lipinski definition) is 1. The molecule has 1 amide bonds. The van der Waals surface area contributed by atoms with Crippen LogP contribution >= 0.6 is 0 Å². The van der Waals surface area contributed by atoms with Crippen molar-refractivity contribution in [1.29, 1.82) is 0 Å². The van der Waals surface area contributed by atoms with Crippen molar-refractivity contribution in [1.82, 2.24) is 19.6 Å². The van der Waals surface area contributed by atoms with Crippen molar-refractivity contribution >= 4 is 16.1 Å². The Morgan fingerprint density at radius 1 is 1.22 bits per heavy atom. The lowest BCUT2D eigenvalue weighted by molar-refractivity contribution is -0.0136. The van der Waals surface area contributed by atoms with Gasteiger partial charge in [-0.2, -0.15) is 0 Å². The predicted molar refractivity (Wildman–Crippen MR) is 126 cm³/mol. The summed E-state index contributed by atoms with van der Waals surface area (Å²) in [5.41, 5.74) is -0.145. The largest absolute Gasteiger partial charge is 0.449 e. The van der Waals surface area contributed by atoms with Crippen molar-refractivity contribution < 1.29 is 35.9 Å². The number of alkyl halides is 2. The van der Waals surface area contributed by atoms with Crippen molar-refractivity contribution in [3.63, 3.8) is 0 Å². The first-order chi connectivity index (χ1) is 17.3. The first-order valence-electron chi connectivity index (χ1n) is 12.7. The number of sulfonamides is 1. The molecule has 1 saturated heterocycles. The molecule has 9 nitrogen and oxygen atoms in total. The zero-order chi connectivity index (χ0) is 26.8. The number of aromatic nitrogens is 2. The molecular formula is C24H33F3N4O5S. The lowest BCUT2D eigenvalue weighted by Crippen LogP contribution is -2.50. The number of hydrogen-bond acceptors (Lipinski definition) is 7. The van der Waals surface area contributed by atoms with E-state index in [2.05, 4.69) is 14.7 Å². The number of nitrogens with zero attached hydrogens (tertiary/aromatic N) is 3. The molecular weight excluding hydrogens is 513 g/mol. The molecule has 0 radical (unpaired) electrons. The van der Waals surface area contributed by atoms with Crippen LogP contribution in [-0.4, -0.2) is 79.0 Å². The van der Waals surface area contributed by atoms with Crippen LogP contribution in [0.3, 0.4) is 0 Å². The summed E-state index contributed by atoms with van der Waals surface area (Å²) in [6, 6.07) is -1.59. The van der Waals surface area contributed by atoms with Crippen LogP contribution in [0.1, 0.15) is 51.8 Å². The number of nitrogens with one attached hydrogen (secondary N) is 1. The molecule has 1 aliphatic heterocycles. The molecule has 3 aliphatic carbocycles. The van der Waals surface area contributed by atoms with Gasteiger partial charge in [-0.05, 0) is 44.9 Å². The molecule has 3 saturated carbocycles. The van der Waals surface area contributed by atoms with Crippen molar-refractivity contribution in [2.45, 2.75) is 81.5 Å². The Labute approximate surface area is 214 Å². The van der Waals surface area contributed by atoms with Crippen LogP contribution in [0.4, 0.5) is 18.0 Å². The summed E-state index contributed by atoms with van der Waals surface area (Å²) in [6.45, 7) is 2.89. The Hall–Kier alpha value is -1.99. The third-order valence-corrected chi connectivity index (χ3v) is 9.44. The van der Waals surface area contributed by atoms with Gasteiger partial charge in [0.2, 0.25) is 10.0 Å². The molecule has 2 heterocycles. The smallest absolute Gasteiger partial charge is 0.410 e. The molecule has 0 unspecified atom stereocenters. The van der Waals surface area contributed by atoms with Crippen molar-refractivity contribution in [3.8, 4) is 0 Å². The number of rotatable bonds is 8. The summed E-state index contributed by atoms with van der Waals surface area (Å²) < 4.78 is 78.5. The number of carbonyl (C=O) groups is 1. The zero-order valence-electron chi connectivity index (χ0n) is 21.1. The molecule has 4 aliphatic rings. The summed E-state index contributed by atoms with van der Waals surface area (Å²) in [7, 11) is -3.56. The van der Waals surface area contributed by atoms with Crippen LogP contribution in [0.15, 0.2) is 12.4 Å². The summed E-state index contributed by atoms with van der Waals surface area (Å²) in [5.74, 6) is -4.17. The fourth-order valence-electron chi connectivity index (χ4n) is 6.31. The van der Waals surface area contributed by atoms with E-state index >= 15 is 0 Å². The van der Waals surface area contributed by atoms with Gasteiger partial charge in [-0.25, -0.2) is 41.1 Å².